The maximum absolute atomic E-state index is 13.2. The van der Waals surface area contributed by atoms with Crippen LogP contribution in [-0.4, -0.2) is 55.2 Å². The standard InChI is InChI=1S/C22H21N3O4/c1-28-22(27)15-6-8-16(9-7-15)24-20-17-4-2-3-5-19(17)23-14-18(20)21(26)25-10-12-29-13-11-25/h2-9,14H,10-13H2,1H3,(H,23,24). The third-order valence-electron chi connectivity index (χ3n) is 4.88. The van der Waals surface area contributed by atoms with Crippen LogP contribution in [0.2, 0.25) is 0 Å². The lowest BCUT2D eigenvalue weighted by atomic mass is 10.1. The number of para-hydroxylation sites is 1. The van der Waals surface area contributed by atoms with Crippen LogP contribution < -0.4 is 5.32 Å². The van der Waals surface area contributed by atoms with Gasteiger partial charge in [0.1, 0.15) is 0 Å². The van der Waals surface area contributed by atoms with Crippen molar-refractivity contribution >= 4 is 34.2 Å². The molecule has 1 aliphatic heterocycles. The Labute approximate surface area is 168 Å². The second-order valence-electron chi connectivity index (χ2n) is 6.66. The summed E-state index contributed by atoms with van der Waals surface area (Å²) < 4.78 is 10.1. The molecule has 0 spiro atoms. The Morgan fingerprint density at radius 3 is 2.52 bits per heavy atom. The van der Waals surface area contributed by atoms with Gasteiger partial charge in [0.2, 0.25) is 0 Å². The second kappa shape index (κ2) is 8.28. The number of amides is 1. The van der Waals surface area contributed by atoms with Crippen LogP contribution in [0, 0.1) is 0 Å². The fourth-order valence-corrected chi connectivity index (χ4v) is 3.33. The van der Waals surface area contributed by atoms with Gasteiger partial charge in [-0.15, -0.1) is 0 Å². The van der Waals surface area contributed by atoms with Crippen molar-refractivity contribution in [3.63, 3.8) is 0 Å². The van der Waals surface area contributed by atoms with Crippen LogP contribution in [-0.2, 0) is 9.47 Å². The number of esters is 1. The van der Waals surface area contributed by atoms with Gasteiger partial charge in [0.15, 0.2) is 0 Å². The highest BCUT2D eigenvalue weighted by atomic mass is 16.5. The SMILES string of the molecule is COC(=O)c1ccc(Nc2c(C(=O)N3CCOCC3)cnc3ccccc23)cc1. The Balaban J connectivity index is 1.72. The zero-order chi connectivity index (χ0) is 20.2. The van der Waals surface area contributed by atoms with E-state index in [2.05, 4.69) is 10.3 Å². The van der Waals surface area contributed by atoms with Gasteiger partial charge in [0.25, 0.3) is 5.91 Å². The van der Waals surface area contributed by atoms with Gasteiger partial charge in [-0.2, -0.15) is 0 Å². The normalized spacial score (nSPS) is 13.9. The third-order valence-corrected chi connectivity index (χ3v) is 4.88. The number of benzene rings is 2. The summed E-state index contributed by atoms with van der Waals surface area (Å²) in [5.74, 6) is -0.477. The molecule has 0 radical (unpaired) electrons. The van der Waals surface area contributed by atoms with Gasteiger partial charge in [-0.1, -0.05) is 18.2 Å². The molecule has 0 atom stereocenters. The van der Waals surface area contributed by atoms with Crippen LogP contribution in [0.25, 0.3) is 10.9 Å². The van der Waals surface area contributed by atoms with Crippen LogP contribution in [0.4, 0.5) is 11.4 Å². The van der Waals surface area contributed by atoms with E-state index in [1.54, 1.807) is 35.4 Å². The molecule has 0 saturated carbocycles. The number of nitrogens with one attached hydrogen (secondary N) is 1. The molecule has 1 amide bonds. The summed E-state index contributed by atoms with van der Waals surface area (Å²) in [5, 5.41) is 4.20. The van der Waals surface area contributed by atoms with E-state index in [4.69, 9.17) is 9.47 Å². The fourth-order valence-electron chi connectivity index (χ4n) is 3.33. The molecule has 0 unspecified atom stereocenters. The quantitative estimate of drug-likeness (QED) is 0.688. The first-order chi connectivity index (χ1) is 14.2. The molecular formula is C22H21N3O4. The summed E-state index contributed by atoms with van der Waals surface area (Å²) in [7, 11) is 1.35. The van der Waals surface area contributed by atoms with Gasteiger partial charge in [0.05, 0.1) is 42.7 Å². The molecule has 1 N–H and O–H groups in total. The third kappa shape index (κ3) is 3.90. The molecular weight excluding hydrogens is 370 g/mol. The van der Waals surface area contributed by atoms with Crippen molar-refractivity contribution in [2.75, 3.05) is 38.7 Å². The average Bonchev–Trinajstić information content (AvgIpc) is 2.79. The van der Waals surface area contributed by atoms with Crippen molar-refractivity contribution in [2.45, 2.75) is 0 Å². The molecule has 2 heterocycles. The molecule has 0 bridgehead atoms. The van der Waals surface area contributed by atoms with Crippen LogP contribution in [0.5, 0.6) is 0 Å². The molecule has 4 rings (SSSR count). The molecule has 1 aromatic heterocycles. The number of anilines is 2. The summed E-state index contributed by atoms with van der Waals surface area (Å²) in [6.45, 7) is 2.17. The number of methoxy groups -OCH3 is 1. The summed E-state index contributed by atoms with van der Waals surface area (Å²) >= 11 is 0. The van der Waals surface area contributed by atoms with Crippen LogP contribution in [0.1, 0.15) is 20.7 Å². The lowest BCUT2D eigenvalue weighted by molar-refractivity contribution is 0.0303. The predicted octanol–water partition coefficient (Wildman–Crippen LogP) is 3.24. The molecule has 2 aromatic carbocycles. The Kier molecular flexibility index (Phi) is 5.39. The number of carbonyl (C=O) groups is 2. The molecule has 7 heteroatoms. The summed E-state index contributed by atoms with van der Waals surface area (Å²) in [5.41, 5.74) is 3.20. The van der Waals surface area contributed by atoms with E-state index in [9.17, 15) is 9.59 Å². The largest absolute Gasteiger partial charge is 0.465 e. The topological polar surface area (TPSA) is 80.8 Å². The zero-order valence-electron chi connectivity index (χ0n) is 16.1. The first kappa shape index (κ1) is 18.9. The predicted molar refractivity (Wildman–Crippen MR) is 110 cm³/mol. The van der Waals surface area contributed by atoms with Gasteiger partial charge >= 0.3 is 5.97 Å². The summed E-state index contributed by atoms with van der Waals surface area (Å²) in [6, 6.07) is 14.6. The van der Waals surface area contributed by atoms with E-state index in [-0.39, 0.29) is 5.91 Å². The molecule has 1 fully saturated rings. The van der Waals surface area contributed by atoms with Crippen molar-refractivity contribution < 1.29 is 19.1 Å². The lowest BCUT2D eigenvalue weighted by Crippen LogP contribution is -2.41. The molecule has 1 aliphatic rings. The van der Waals surface area contributed by atoms with E-state index in [1.807, 2.05) is 24.3 Å². The van der Waals surface area contributed by atoms with E-state index < -0.39 is 5.97 Å². The minimum Gasteiger partial charge on any atom is -0.465 e. The first-order valence-electron chi connectivity index (χ1n) is 9.37. The number of aromatic nitrogens is 1. The smallest absolute Gasteiger partial charge is 0.337 e. The Hall–Kier alpha value is -3.45. The average molecular weight is 391 g/mol. The van der Waals surface area contributed by atoms with Crippen LogP contribution in [0.15, 0.2) is 54.7 Å². The van der Waals surface area contributed by atoms with Gasteiger partial charge in [-0.3, -0.25) is 9.78 Å². The molecule has 1 saturated heterocycles. The maximum atomic E-state index is 13.2. The highest BCUT2D eigenvalue weighted by Gasteiger charge is 2.23. The van der Waals surface area contributed by atoms with Crippen molar-refractivity contribution in [1.82, 2.24) is 9.88 Å². The van der Waals surface area contributed by atoms with Gasteiger partial charge in [0, 0.05) is 30.4 Å². The zero-order valence-corrected chi connectivity index (χ0v) is 16.1. The van der Waals surface area contributed by atoms with E-state index >= 15 is 0 Å². The molecule has 148 valence electrons. The van der Waals surface area contributed by atoms with Crippen molar-refractivity contribution in [3.05, 3.63) is 65.9 Å². The minimum absolute atomic E-state index is 0.0831. The van der Waals surface area contributed by atoms with Gasteiger partial charge in [-0.25, -0.2) is 4.79 Å². The number of fused-ring (bicyclic) bond motifs is 1. The van der Waals surface area contributed by atoms with Gasteiger partial charge in [-0.05, 0) is 30.3 Å². The van der Waals surface area contributed by atoms with E-state index in [0.29, 0.717) is 43.1 Å². The van der Waals surface area contributed by atoms with Crippen molar-refractivity contribution in [3.8, 4) is 0 Å². The number of morpholine rings is 1. The molecule has 3 aromatic rings. The number of pyridine rings is 1. The number of carbonyl (C=O) groups excluding carboxylic acids is 2. The van der Waals surface area contributed by atoms with Crippen molar-refractivity contribution in [1.29, 1.82) is 0 Å². The van der Waals surface area contributed by atoms with Gasteiger partial charge < -0.3 is 19.7 Å². The number of hydrogen-bond donors (Lipinski definition) is 1. The monoisotopic (exact) mass is 391 g/mol. The minimum atomic E-state index is -0.394. The molecule has 29 heavy (non-hydrogen) atoms. The highest BCUT2D eigenvalue weighted by molar-refractivity contribution is 6.08. The van der Waals surface area contributed by atoms with E-state index in [1.165, 1.54) is 7.11 Å². The first-order valence-corrected chi connectivity index (χ1v) is 9.37. The second-order valence-corrected chi connectivity index (χ2v) is 6.66. The van der Waals surface area contributed by atoms with Crippen LogP contribution in [0.3, 0.4) is 0 Å². The van der Waals surface area contributed by atoms with E-state index in [0.717, 1.165) is 16.6 Å². The Bertz CT molecular complexity index is 1040. The lowest BCUT2D eigenvalue weighted by Gasteiger charge is -2.28. The Morgan fingerprint density at radius 2 is 1.79 bits per heavy atom. The highest BCUT2D eigenvalue weighted by Crippen LogP contribution is 2.30. The van der Waals surface area contributed by atoms with Crippen LogP contribution >= 0.6 is 0 Å². The summed E-state index contributed by atoms with van der Waals surface area (Å²) in [6.07, 6.45) is 1.62. The number of rotatable bonds is 4. The number of nitrogens with zero attached hydrogens (tertiary/aromatic N) is 2. The maximum Gasteiger partial charge on any atom is 0.337 e. The molecule has 0 aliphatic carbocycles. The number of hydrogen-bond acceptors (Lipinski definition) is 6. The van der Waals surface area contributed by atoms with Crippen molar-refractivity contribution in [2.24, 2.45) is 0 Å². The Morgan fingerprint density at radius 1 is 1.07 bits per heavy atom. The molecule has 7 nitrogen and oxygen atoms in total. The number of ether oxygens (including phenoxy) is 2. The fraction of sp³-hybridized carbons (Fsp3) is 0.227. The summed E-state index contributed by atoms with van der Waals surface area (Å²) in [4.78, 5) is 31.1.